The van der Waals surface area contributed by atoms with Crippen LogP contribution in [0.25, 0.3) is 43.7 Å². The Labute approximate surface area is 310 Å². The monoisotopic (exact) mass is 737 g/mol. The molecule has 5 aromatic rings. The van der Waals surface area contributed by atoms with Crippen LogP contribution in [0.3, 0.4) is 0 Å². The highest BCUT2D eigenvalue weighted by atomic mass is 19.1. The first-order chi connectivity index (χ1) is 26.0. The number of rotatable bonds is 7. The maximum atomic E-state index is 17.8. The highest BCUT2D eigenvalue weighted by Crippen LogP contribution is 2.47. The summed E-state index contributed by atoms with van der Waals surface area (Å²) in [4.78, 5) is 16.9. The number of anilines is 1. The molecule has 5 aliphatic heterocycles. The Hall–Kier alpha value is -4.64. The minimum absolute atomic E-state index is 0.0162. The second-order valence-electron chi connectivity index (χ2n) is 16.4. The molecule has 0 amide bonds. The number of piperazine rings is 1. The molecular formula is C41H42F3N7O3. The molecule has 0 radical (unpaired) electrons. The lowest BCUT2D eigenvalue weighted by Gasteiger charge is -2.47. The first-order valence-corrected chi connectivity index (χ1v) is 19.0. The van der Waals surface area contributed by atoms with E-state index in [9.17, 15) is 9.50 Å². The molecule has 0 saturated carbocycles. The molecule has 0 spiro atoms. The molecule has 7 heterocycles. The van der Waals surface area contributed by atoms with Crippen molar-refractivity contribution in [3.63, 3.8) is 0 Å². The molecular weight excluding hydrogens is 695 g/mol. The lowest BCUT2D eigenvalue weighted by atomic mass is 9.91. The lowest BCUT2D eigenvalue weighted by Crippen LogP contribution is -2.59. The normalized spacial score (nSPS) is 28.3. The summed E-state index contributed by atoms with van der Waals surface area (Å²) in [6.45, 7) is 6.78. The molecule has 10 nitrogen and oxygen atoms in total. The molecule has 2 bridgehead atoms. The Morgan fingerprint density at radius 1 is 1.07 bits per heavy atom. The fourth-order valence-electron chi connectivity index (χ4n) is 10.3. The summed E-state index contributed by atoms with van der Waals surface area (Å²) in [6.07, 6.45) is 11.8. The van der Waals surface area contributed by atoms with E-state index in [1.54, 1.807) is 11.7 Å². The number of phenols is 1. The number of terminal acetylenes is 1. The zero-order chi connectivity index (χ0) is 37.1. The third kappa shape index (κ3) is 5.17. The number of phenolic OH excluding ortho intramolecular Hbond substituents is 1. The predicted molar refractivity (Wildman–Crippen MR) is 200 cm³/mol. The van der Waals surface area contributed by atoms with Crippen molar-refractivity contribution in [2.45, 2.75) is 74.8 Å². The highest BCUT2D eigenvalue weighted by Gasteiger charge is 2.50. The van der Waals surface area contributed by atoms with Crippen molar-refractivity contribution in [3.05, 3.63) is 47.7 Å². The maximum Gasteiger partial charge on any atom is 0.319 e. The van der Waals surface area contributed by atoms with Gasteiger partial charge >= 0.3 is 6.01 Å². The van der Waals surface area contributed by atoms with Crippen LogP contribution in [0.15, 0.2) is 30.5 Å². The number of ether oxygens (including phenoxy) is 2. The van der Waals surface area contributed by atoms with Crippen LogP contribution < -0.4 is 9.64 Å². The smallest absolute Gasteiger partial charge is 0.319 e. The minimum Gasteiger partial charge on any atom is -0.508 e. The Kier molecular flexibility index (Phi) is 7.65. The molecule has 13 heteroatoms. The van der Waals surface area contributed by atoms with Crippen molar-refractivity contribution in [1.29, 1.82) is 0 Å². The molecule has 5 atom stereocenters. The van der Waals surface area contributed by atoms with Crippen LogP contribution in [0.5, 0.6) is 11.8 Å². The molecule has 54 heavy (non-hydrogen) atoms. The SMILES string of the molecule is C#Cc1c(F)ccc2cc(O)cc(-c3c(F)c4nc(OC[C@@]56CCCN5C[C@H](F)C6)nc(N5[C@@H]6CC[C@H]5CN(CC5(C)CCO5)C6)c4c4cn(C)nc34)c12. The Morgan fingerprint density at radius 3 is 2.61 bits per heavy atom. The molecule has 1 N–H and O–H groups in total. The second kappa shape index (κ2) is 12.2. The molecule has 0 aliphatic carbocycles. The van der Waals surface area contributed by atoms with Crippen molar-refractivity contribution >= 4 is 38.4 Å². The number of aromatic nitrogens is 4. The number of aryl methyl sites for hydroxylation is 1. The van der Waals surface area contributed by atoms with Crippen LogP contribution in [0.2, 0.25) is 0 Å². The summed E-state index contributed by atoms with van der Waals surface area (Å²) in [5.74, 6) is 1.53. The molecule has 5 fully saturated rings. The van der Waals surface area contributed by atoms with Crippen LogP contribution in [0, 0.1) is 24.0 Å². The number of likely N-dealkylation sites (tertiary alicyclic amines) is 1. The van der Waals surface area contributed by atoms with Crippen molar-refractivity contribution in [1.82, 2.24) is 29.5 Å². The van der Waals surface area contributed by atoms with Crippen molar-refractivity contribution in [2.75, 3.05) is 50.8 Å². The topological polar surface area (TPSA) is 92.0 Å². The fourth-order valence-corrected chi connectivity index (χ4v) is 10.3. The molecule has 10 rings (SSSR count). The summed E-state index contributed by atoms with van der Waals surface area (Å²) in [5, 5.41) is 17.5. The number of hydrogen-bond acceptors (Lipinski definition) is 9. The van der Waals surface area contributed by atoms with Crippen molar-refractivity contribution in [2.24, 2.45) is 7.05 Å². The summed E-state index contributed by atoms with van der Waals surface area (Å²) >= 11 is 0. The van der Waals surface area contributed by atoms with E-state index < -0.39 is 23.3 Å². The summed E-state index contributed by atoms with van der Waals surface area (Å²) in [7, 11) is 1.76. The average molecular weight is 738 g/mol. The van der Waals surface area contributed by atoms with Gasteiger partial charge in [-0.05, 0) is 68.3 Å². The number of fused-ring (bicyclic) bond motifs is 7. The highest BCUT2D eigenvalue weighted by molar-refractivity contribution is 6.18. The lowest BCUT2D eigenvalue weighted by molar-refractivity contribution is -0.148. The van der Waals surface area contributed by atoms with Gasteiger partial charge in [-0.3, -0.25) is 14.5 Å². The van der Waals surface area contributed by atoms with Crippen LogP contribution >= 0.6 is 0 Å². The summed E-state index contributed by atoms with van der Waals surface area (Å²) < 4.78 is 61.8. The number of benzene rings is 3. The number of nitrogens with zero attached hydrogens (tertiary/aromatic N) is 7. The molecule has 280 valence electrons. The van der Waals surface area contributed by atoms with Gasteiger partial charge in [0, 0.05) is 80.7 Å². The van der Waals surface area contributed by atoms with E-state index in [-0.39, 0.29) is 63.6 Å². The van der Waals surface area contributed by atoms with Gasteiger partial charge in [0.15, 0.2) is 5.82 Å². The third-order valence-corrected chi connectivity index (χ3v) is 12.8. The Morgan fingerprint density at radius 2 is 1.87 bits per heavy atom. The molecule has 5 saturated heterocycles. The quantitative estimate of drug-likeness (QED) is 0.200. The van der Waals surface area contributed by atoms with E-state index in [4.69, 9.17) is 31.0 Å². The van der Waals surface area contributed by atoms with Gasteiger partial charge in [-0.2, -0.15) is 15.1 Å². The Balaban J connectivity index is 1.18. The van der Waals surface area contributed by atoms with Gasteiger partial charge in [0.05, 0.1) is 28.7 Å². The van der Waals surface area contributed by atoms with E-state index in [1.807, 2.05) is 6.20 Å². The largest absolute Gasteiger partial charge is 0.508 e. The van der Waals surface area contributed by atoms with E-state index in [2.05, 4.69) is 27.5 Å². The van der Waals surface area contributed by atoms with Gasteiger partial charge in [-0.15, -0.1) is 6.42 Å². The van der Waals surface area contributed by atoms with Gasteiger partial charge in [-0.1, -0.05) is 12.0 Å². The zero-order valence-electron chi connectivity index (χ0n) is 30.4. The molecule has 5 aliphatic rings. The zero-order valence-corrected chi connectivity index (χ0v) is 30.4. The first-order valence-electron chi connectivity index (χ1n) is 19.0. The first kappa shape index (κ1) is 33.9. The van der Waals surface area contributed by atoms with Gasteiger partial charge in [-0.25, -0.2) is 13.2 Å². The van der Waals surface area contributed by atoms with Crippen LogP contribution in [0.4, 0.5) is 19.0 Å². The number of halogens is 3. The van der Waals surface area contributed by atoms with Gasteiger partial charge in [0.2, 0.25) is 0 Å². The maximum absolute atomic E-state index is 17.8. The van der Waals surface area contributed by atoms with E-state index in [0.717, 1.165) is 64.9 Å². The predicted octanol–water partition coefficient (Wildman–Crippen LogP) is 6.09. The number of hydrogen-bond donors (Lipinski definition) is 1. The summed E-state index contributed by atoms with van der Waals surface area (Å²) in [5.41, 5.74) is -0.0859. The van der Waals surface area contributed by atoms with Gasteiger partial charge in [0.25, 0.3) is 0 Å². The van der Waals surface area contributed by atoms with Gasteiger partial charge < -0.3 is 19.5 Å². The van der Waals surface area contributed by atoms with Crippen LogP contribution in [-0.4, -0.2) is 110 Å². The van der Waals surface area contributed by atoms with E-state index in [1.165, 1.54) is 24.3 Å². The van der Waals surface area contributed by atoms with Crippen molar-refractivity contribution in [3.8, 4) is 35.2 Å². The molecule has 3 aromatic carbocycles. The van der Waals surface area contributed by atoms with E-state index >= 15 is 8.78 Å². The van der Waals surface area contributed by atoms with Gasteiger partial charge in [0.1, 0.15) is 41.2 Å². The average Bonchev–Trinajstić information content (AvgIpc) is 3.85. The third-order valence-electron chi connectivity index (χ3n) is 12.8. The number of aromatic hydroxyl groups is 1. The molecule has 2 aromatic heterocycles. The summed E-state index contributed by atoms with van der Waals surface area (Å²) in [6, 6.07) is 5.86. The second-order valence-corrected chi connectivity index (χ2v) is 16.4. The van der Waals surface area contributed by atoms with Crippen molar-refractivity contribution < 1.29 is 27.8 Å². The minimum atomic E-state index is -0.935. The van der Waals surface area contributed by atoms with Crippen LogP contribution in [0.1, 0.15) is 51.0 Å². The Bertz CT molecular complexity index is 2400. The molecule has 1 unspecified atom stereocenters. The van der Waals surface area contributed by atoms with E-state index in [0.29, 0.717) is 40.5 Å². The van der Waals surface area contributed by atoms with Crippen LogP contribution in [-0.2, 0) is 11.8 Å². The standard InChI is InChI=1S/C41H42F3N7O3/c1-4-28-31(43)9-6-23-14-27(52)15-29(32(23)28)33-35(44)37-34(30-20-48(3)47-36(30)33)38(46-39(45-37)53-22-41-10-5-12-50(41)17-24(42)16-41)51-25-7-8-26(51)19-49(18-25)21-40(2)11-13-54-40/h1,6,9,14-15,20,24-26,52H,5,7-8,10-13,16-19,21-22H2,2-3H3/t24-,25-,26+,40?,41+/m1/s1. The fraction of sp³-hybridized carbons (Fsp3) is 0.488. The number of alkyl halides is 1.